The predicted molar refractivity (Wildman–Crippen MR) is 67.3 cm³/mol. The summed E-state index contributed by atoms with van der Waals surface area (Å²) >= 11 is 1.26. The summed E-state index contributed by atoms with van der Waals surface area (Å²) in [7, 11) is 2.89. The predicted octanol–water partition coefficient (Wildman–Crippen LogP) is 3.41. The standard InChI is InChI=1S/C11H10F3N3OS/c1-17(2)10(18)16-7-5-8-6(3-4-19-8)15-9(7)11(12,13)14/h3-5H,1-2H3,(H,16,18). The van der Waals surface area contributed by atoms with E-state index in [4.69, 9.17) is 0 Å². The summed E-state index contributed by atoms with van der Waals surface area (Å²) in [5.74, 6) is 0. The Morgan fingerprint density at radius 3 is 2.68 bits per heavy atom. The van der Waals surface area contributed by atoms with Crippen molar-refractivity contribution in [3.8, 4) is 0 Å². The molecule has 8 heteroatoms. The molecule has 0 aromatic carbocycles. The number of amides is 2. The molecule has 0 fully saturated rings. The lowest BCUT2D eigenvalue weighted by Crippen LogP contribution is -2.28. The molecule has 2 rings (SSSR count). The van der Waals surface area contributed by atoms with Crippen LogP contribution < -0.4 is 5.32 Å². The zero-order valence-electron chi connectivity index (χ0n) is 10.1. The van der Waals surface area contributed by atoms with Crippen LogP contribution in [0.1, 0.15) is 5.69 Å². The molecule has 19 heavy (non-hydrogen) atoms. The highest BCUT2D eigenvalue weighted by atomic mass is 32.1. The minimum absolute atomic E-state index is 0.264. The largest absolute Gasteiger partial charge is 0.435 e. The molecule has 0 saturated carbocycles. The van der Waals surface area contributed by atoms with E-state index in [9.17, 15) is 18.0 Å². The van der Waals surface area contributed by atoms with E-state index in [-0.39, 0.29) is 11.2 Å². The summed E-state index contributed by atoms with van der Waals surface area (Å²) < 4.78 is 39.3. The number of fused-ring (bicyclic) bond motifs is 1. The minimum atomic E-state index is -4.62. The molecule has 0 radical (unpaired) electrons. The summed E-state index contributed by atoms with van der Waals surface area (Å²) in [5, 5.41) is 3.86. The number of nitrogens with zero attached hydrogens (tertiary/aromatic N) is 2. The maximum Gasteiger partial charge on any atom is 0.435 e. The molecule has 2 aromatic heterocycles. The molecule has 0 atom stereocenters. The Labute approximate surface area is 110 Å². The maximum atomic E-state index is 12.9. The fraction of sp³-hybridized carbons (Fsp3) is 0.273. The second kappa shape index (κ2) is 4.69. The first-order valence-electron chi connectivity index (χ1n) is 5.23. The quantitative estimate of drug-likeness (QED) is 0.874. The van der Waals surface area contributed by atoms with E-state index in [1.165, 1.54) is 37.6 Å². The second-order valence-corrected chi connectivity index (χ2v) is 4.96. The van der Waals surface area contributed by atoms with Crippen molar-refractivity contribution in [3.05, 3.63) is 23.2 Å². The number of anilines is 1. The summed E-state index contributed by atoms with van der Waals surface area (Å²) in [6, 6.07) is 2.16. The van der Waals surface area contributed by atoms with Gasteiger partial charge in [-0.25, -0.2) is 9.78 Å². The lowest BCUT2D eigenvalue weighted by Gasteiger charge is -2.16. The van der Waals surface area contributed by atoms with Gasteiger partial charge < -0.3 is 10.2 Å². The van der Waals surface area contributed by atoms with Crippen molar-refractivity contribution in [3.63, 3.8) is 0 Å². The number of rotatable bonds is 1. The van der Waals surface area contributed by atoms with Crippen molar-refractivity contribution in [1.29, 1.82) is 0 Å². The first-order chi connectivity index (χ1) is 8.79. The molecule has 0 spiro atoms. The molecule has 2 amide bonds. The molecule has 0 unspecified atom stereocenters. The van der Waals surface area contributed by atoms with Gasteiger partial charge in [0.15, 0.2) is 5.69 Å². The Morgan fingerprint density at radius 1 is 1.42 bits per heavy atom. The normalized spacial score (nSPS) is 11.6. The van der Waals surface area contributed by atoms with Crippen molar-refractivity contribution in [1.82, 2.24) is 9.88 Å². The first kappa shape index (κ1) is 13.6. The van der Waals surface area contributed by atoms with Gasteiger partial charge in [-0.1, -0.05) is 0 Å². The number of aromatic nitrogens is 1. The lowest BCUT2D eigenvalue weighted by atomic mass is 10.2. The topological polar surface area (TPSA) is 45.2 Å². The van der Waals surface area contributed by atoms with Gasteiger partial charge in [-0.3, -0.25) is 0 Å². The van der Waals surface area contributed by atoms with Gasteiger partial charge in [0.05, 0.1) is 15.9 Å². The van der Waals surface area contributed by atoms with Crippen LogP contribution >= 0.6 is 11.3 Å². The monoisotopic (exact) mass is 289 g/mol. The Balaban J connectivity index is 2.52. The molecule has 0 aliphatic carbocycles. The van der Waals surface area contributed by atoms with E-state index in [2.05, 4.69) is 10.3 Å². The van der Waals surface area contributed by atoms with Crippen LogP contribution in [0.15, 0.2) is 17.5 Å². The number of nitrogens with one attached hydrogen (secondary N) is 1. The van der Waals surface area contributed by atoms with E-state index in [0.717, 1.165) is 4.90 Å². The average Bonchev–Trinajstić information content (AvgIpc) is 2.73. The van der Waals surface area contributed by atoms with Gasteiger partial charge in [0.25, 0.3) is 0 Å². The minimum Gasteiger partial charge on any atom is -0.331 e. The SMILES string of the molecule is CN(C)C(=O)Nc1cc2sccc2nc1C(F)(F)F. The zero-order chi connectivity index (χ0) is 14.2. The number of hydrogen-bond acceptors (Lipinski definition) is 3. The Hall–Kier alpha value is -1.83. The molecule has 0 aliphatic heterocycles. The van der Waals surface area contributed by atoms with Crippen molar-refractivity contribution in [2.45, 2.75) is 6.18 Å². The Morgan fingerprint density at radius 2 is 2.11 bits per heavy atom. The van der Waals surface area contributed by atoms with Crippen molar-refractivity contribution in [2.24, 2.45) is 0 Å². The fourth-order valence-corrected chi connectivity index (χ4v) is 2.20. The van der Waals surface area contributed by atoms with Crippen LogP contribution in [0.5, 0.6) is 0 Å². The maximum absolute atomic E-state index is 12.9. The van der Waals surface area contributed by atoms with Gasteiger partial charge in [0, 0.05) is 14.1 Å². The average molecular weight is 289 g/mol. The lowest BCUT2D eigenvalue weighted by molar-refractivity contribution is -0.140. The zero-order valence-corrected chi connectivity index (χ0v) is 10.9. The van der Waals surface area contributed by atoms with Gasteiger partial charge in [0.2, 0.25) is 0 Å². The first-order valence-corrected chi connectivity index (χ1v) is 6.11. The highest BCUT2D eigenvalue weighted by molar-refractivity contribution is 7.17. The third-order valence-corrected chi connectivity index (χ3v) is 3.21. The third-order valence-electron chi connectivity index (χ3n) is 2.35. The van der Waals surface area contributed by atoms with Gasteiger partial charge in [-0.2, -0.15) is 13.2 Å². The van der Waals surface area contributed by atoms with Crippen LogP contribution in [0.2, 0.25) is 0 Å². The van der Waals surface area contributed by atoms with E-state index in [1.54, 1.807) is 5.38 Å². The number of hydrogen-bond donors (Lipinski definition) is 1. The smallest absolute Gasteiger partial charge is 0.331 e. The number of pyridine rings is 1. The molecule has 4 nitrogen and oxygen atoms in total. The molecule has 0 aliphatic rings. The number of thiophene rings is 1. The van der Waals surface area contributed by atoms with Crippen LogP contribution in [0.4, 0.5) is 23.7 Å². The molecular weight excluding hydrogens is 279 g/mol. The van der Waals surface area contributed by atoms with Gasteiger partial charge in [-0.05, 0) is 17.5 Å². The summed E-state index contributed by atoms with van der Waals surface area (Å²) in [6.45, 7) is 0. The highest BCUT2D eigenvalue weighted by Crippen LogP contribution is 2.36. The molecule has 1 N–H and O–H groups in total. The molecule has 2 aromatic rings. The fourth-order valence-electron chi connectivity index (χ4n) is 1.43. The van der Waals surface area contributed by atoms with Crippen LogP contribution in [0.25, 0.3) is 10.2 Å². The number of halogens is 3. The molecule has 0 saturated heterocycles. The highest BCUT2D eigenvalue weighted by Gasteiger charge is 2.36. The molecule has 102 valence electrons. The van der Waals surface area contributed by atoms with Crippen LogP contribution in [-0.2, 0) is 6.18 Å². The number of carbonyl (C=O) groups excluding carboxylic acids is 1. The van der Waals surface area contributed by atoms with E-state index >= 15 is 0 Å². The second-order valence-electron chi connectivity index (χ2n) is 4.01. The van der Waals surface area contributed by atoms with E-state index in [0.29, 0.717) is 4.70 Å². The van der Waals surface area contributed by atoms with Crippen LogP contribution in [0.3, 0.4) is 0 Å². The third kappa shape index (κ3) is 2.78. The number of alkyl halides is 3. The van der Waals surface area contributed by atoms with Gasteiger partial charge in [0.1, 0.15) is 0 Å². The molecule has 2 heterocycles. The molecular formula is C11H10F3N3OS. The van der Waals surface area contributed by atoms with Crippen molar-refractivity contribution in [2.75, 3.05) is 19.4 Å². The number of urea groups is 1. The Kier molecular flexibility index (Phi) is 3.36. The van der Waals surface area contributed by atoms with Crippen LogP contribution in [-0.4, -0.2) is 30.0 Å². The summed E-state index contributed by atoms with van der Waals surface area (Å²) in [6.07, 6.45) is -4.62. The van der Waals surface area contributed by atoms with Gasteiger partial charge >= 0.3 is 12.2 Å². The van der Waals surface area contributed by atoms with Gasteiger partial charge in [-0.15, -0.1) is 11.3 Å². The van der Waals surface area contributed by atoms with Crippen LogP contribution in [0, 0.1) is 0 Å². The van der Waals surface area contributed by atoms with E-state index in [1.807, 2.05) is 0 Å². The Bertz CT molecular complexity index is 621. The van der Waals surface area contributed by atoms with E-state index < -0.39 is 17.9 Å². The van der Waals surface area contributed by atoms with Crippen molar-refractivity contribution >= 4 is 33.3 Å². The summed E-state index contributed by atoms with van der Waals surface area (Å²) in [4.78, 5) is 16.2. The molecule has 0 bridgehead atoms. The number of carbonyl (C=O) groups is 1. The van der Waals surface area contributed by atoms with Crippen molar-refractivity contribution < 1.29 is 18.0 Å². The summed E-state index contributed by atoms with van der Waals surface area (Å²) in [5.41, 5.74) is -1.16.